The number of benzene rings is 1. The fraction of sp³-hybridized carbons (Fsp3) is 0.231. The highest BCUT2D eigenvalue weighted by molar-refractivity contribution is 7.94. The predicted octanol–water partition coefficient (Wildman–Crippen LogP) is 2.47. The standard InChI is InChI=1S/C13H15NO3S2/c15-8-2-5-11-4-1-6-12(10-11)14-19(16,17)13-7-3-9-18-13/h1,3-4,6-7,9-10,14-15H,2,5,8H2. The summed E-state index contributed by atoms with van der Waals surface area (Å²) in [4.78, 5) is 0. The number of thiophene rings is 1. The molecule has 102 valence electrons. The number of anilines is 1. The first-order chi connectivity index (χ1) is 9.12. The number of sulfonamides is 1. The molecule has 2 rings (SSSR count). The van der Waals surface area contributed by atoms with E-state index in [-0.39, 0.29) is 6.61 Å². The lowest BCUT2D eigenvalue weighted by Gasteiger charge is -2.08. The van der Waals surface area contributed by atoms with Crippen molar-refractivity contribution in [3.05, 3.63) is 47.3 Å². The molecule has 0 aliphatic rings. The predicted molar refractivity (Wildman–Crippen MR) is 77.0 cm³/mol. The molecule has 2 aromatic rings. The largest absolute Gasteiger partial charge is 0.396 e. The minimum atomic E-state index is -3.49. The van der Waals surface area contributed by atoms with E-state index in [1.54, 1.807) is 35.7 Å². The summed E-state index contributed by atoms with van der Waals surface area (Å²) in [5.41, 5.74) is 1.55. The van der Waals surface area contributed by atoms with Crippen LogP contribution in [-0.4, -0.2) is 20.1 Å². The van der Waals surface area contributed by atoms with Gasteiger partial charge in [0.05, 0.1) is 0 Å². The Bertz CT molecular complexity index is 621. The van der Waals surface area contributed by atoms with Gasteiger partial charge >= 0.3 is 0 Å². The maximum Gasteiger partial charge on any atom is 0.271 e. The third-order valence-corrected chi connectivity index (χ3v) is 5.34. The number of nitrogens with one attached hydrogen (secondary N) is 1. The van der Waals surface area contributed by atoms with Crippen molar-refractivity contribution in [1.29, 1.82) is 0 Å². The second-order valence-corrected chi connectivity index (χ2v) is 6.92. The maximum atomic E-state index is 12.0. The molecule has 0 saturated heterocycles. The fourth-order valence-electron chi connectivity index (χ4n) is 1.70. The van der Waals surface area contributed by atoms with Crippen LogP contribution in [0, 0.1) is 0 Å². The summed E-state index contributed by atoms with van der Waals surface area (Å²) < 4.78 is 27.0. The Morgan fingerprint density at radius 3 is 2.74 bits per heavy atom. The zero-order valence-electron chi connectivity index (χ0n) is 10.2. The van der Waals surface area contributed by atoms with Gasteiger partial charge in [-0.25, -0.2) is 8.42 Å². The van der Waals surface area contributed by atoms with Crippen molar-refractivity contribution < 1.29 is 13.5 Å². The molecular formula is C13H15NO3S2. The molecule has 0 bridgehead atoms. The van der Waals surface area contributed by atoms with Crippen LogP contribution in [0.5, 0.6) is 0 Å². The topological polar surface area (TPSA) is 66.4 Å². The van der Waals surface area contributed by atoms with Gasteiger partial charge in [-0.2, -0.15) is 0 Å². The van der Waals surface area contributed by atoms with Crippen LogP contribution in [0.25, 0.3) is 0 Å². The highest BCUT2D eigenvalue weighted by atomic mass is 32.2. The zero-order chi connectivity index (χ0) is 13.7. The van der Waals surface area contributed by atoms with Gasteiger partial charge < -0.3 is 5.11 Å². The second kappa shape index (κ2) is 6.18. The van der Waals surface area contributed by atoms with E-state index in [4.69, 9.17) is 5.11 Å². The number of hydrogen-bond acceptors (Lipinski definition) is 4. The van der Waals surface area contributed by atoms with Crippen LogP contribution in [0.3, 0.4) is 0 Å². The van der Waals surface area contributed by atoms with E-state index in [9.17, 15) is 8.42 Å². The molecule has 0 unspecified atom stereocenters. The normalized spacial score (nSPS) is 11.4. The maximum absolute atomic E-state index is 12.0. The number of hydrogen-bond donors (Lipinski definition) is 2. The molecule has 1 aromatic carbocycles. The van der Waals surface area contributed by atoms with Crippen molar-refractivity contribution >= 4 is 27.0 Å². The van der Waals surface area contributed by atoms with E-state index < -0.39 is 10.0 Å². The van der Waals surface area contributed by atoms with Crippen LogP contribution in [0.1, 0.15) is 12.0 Å². The molecule has 4 nitrogen and oxygen atoms in total. The molecule has 0 amide bonds. The average Bonchev–Trinajstić information content (AvgIpc) is 2.91. The lowest BCUT2D eigenvalue weighted by Crippen LogP contribution is -2.11. The van der Waals surface area contributed by atoms with Gasteiger partial charge in [0, 0.05) is 12.3 Å². The van der Waals surface area contributed by atoms with Gasteiger partial charge in [0.15, 0.2) is 0 Å². The van der Waals surface area contributed by atoms with Gasteiger partial charge in [-0.15, -0.1) is 11.3 Å². The molecule has 0 atom stereocenters. The molecule has 0 aliphatic carbocycles. The molecule has 0 radical (unpaired) electrons. The van der Waals surface area contributed by atoms with Gasteiger partial charge in [0.1, 0.15) is 4.21 Å². The average molecular weight is 297 g/mol. The molecule has 19 heavy (non-hydrogen) atoms. The highest BCUT2D eigenvalue weighted by Gasteiger charge is 2.14. The summed E-state index contributed by atoms with van der Waals surface area (Å²) in [6.07, 6.45) is 1.40. The first kappa shape index (κ1) is 14.0. The molecule has 2 N–H and O–H groups in total. The van der Waals surface area contributed by atoms with Gasteiger partial charge in [-0.05, 0) is 42.0 Å². The number of aryl methyl sites for hydroxylation is 1. The third-order valence-electron chi connectivity index (χ3n) is 2.56. The SMILES string of the molecule is O=S(=O)(Nc1cccc(CCCO)c1)c1cccs1. The van der Waals surface area contributed by atoms with Gasteiger partial charge in [-0.1, -0.05) is 18.2 Å². The van der Waals surface area contributed by atoms with E-state index in [1.165, 1.54) is 11.3 Å². The Balaban J connectivity index is 2.15. The van der Waals surface area contributed by atoms with Crippen LogP contribution in [-0.2, 0) is 16.4 Å². The second-order valence-electron chi connectivity index (χ2n) is 4.07. The molecule has 0 saturated carbocycles. The summed E-state index contributed by atoms with van der Waals surface area (Å²) >= 11 is 1.18. The first-order valence-corrected chi connectivity index (χ1v) is 8.24. The van der Waals surface area contributed by atoms with Crippen molar-refractivity contribution in [3.63, 3.8) is 0 Å². The lowest BCUT2D eigenvalue weighted by atomic mass is 10.1. The van der Waals surface area contributed by atoms with Crippen molar-refractivity contribution in [3.8, 4) is 0 Å². The van der Waals surface area contributed by atoms with Crippen molar-refractivity contribution in [2.45, 2.75) is 17.1 Å². The summed E-state index contributed by atoms with van der Waals surface area (Å²) in [7, 11) is -3.49. The van der Waals surface area contributed by atoms with E-state index in [2.05, 4.69) is 4.72 Å². The summed E-state index contributed by atoms with van der Waals surface area (Å²) in [6.45, 7) is 0.130. The molecule has 0 aliphatic heterocycles. The smallest absolute Gasteiger partial charge is 0.271 e. The van der Waals surface area contributed by atoms with E-state index in [0.29, 0.717) is 16.3 Å². The van der Waals surface area contributed by atoms with Crippen LogP contribution in [0.2, 0.25) is 0 Å². The molecule has 1 aromatic heterocycles. The number of aliphatic hydroxyl groups excluding tert-OH is 1. The third kappa shape index (κ3) is 3.79. The first-order valence-electron chi connectivity index (χ1n) is 5.88. The molecule has 1 heterocycles. The Labute approximate surface area is 116 Å². The Morgan fingerprint density at radius 1 is 1.21 bits per heavy atom. The van der Waals surface area contributed by atoms with Gasteiger partial charge in [0.25, 0.3) is 10.0 Å². The number of aliphatic hydroxyl groups is 1. The van der Waals surface area contributed by atoms with Gasteiger partial charge in [0.2, 0.25) is 0 Å². The lowest BCUT2D eigenvalue weighted by molar-refractivity contribution is 0.288. The fourth-order valence-corrected chi connectivity index (χ4v) is 3.74. The van der Waals surface area contributed by atoms with E-state index in [1.807, 2.05) is 6.07 Å². The van der Waals surface area contributed by atoms with Crippen LogP contribution in [0.4, 0.5) is 5.69 Å². The van der Waals surface area contributed by atoms with E-state index in [0.717, 1.165) is 12.0 Å². The van der Waals surface area contributed by atoms with Crippen LogP contribution in [0.15, 0.2) is 46.0 Å². The molecule has 0 spiro atoms. The number of rotatable bonds is 6. The Hall–Kier alpha value is -1.37. The molecular weight excluding hydrogens is 282 g/mol. The Morgan fingerprint density at radius 2 is 2.05 bits per heavy atom. The van der Waals surface area contributed by atoms with E-state index >= 15 is 0 Å². The zero-order valence-corrected chi connectivity index (χ0v) is 11.9. The van der Waals surface area contributed by atoms with Crippen LogP contribution < -0.4 is 4.72 Å². The van der Waals surface area contributed by atoms with Crippen molar-refractivity contribution in [2.75, 3.05) is 11.3 Å². The monoisotopic (exact) mass is 297 g/mol. The highest BCUT2D eigenvalue weighted by Crippen LogP contribution is 2.21. The molecule has 6 heteroatoms. The quantitative estimate of drug-likeness (QED) is 0.861. The van der Waals surface area contributed by atoms with Gasteiger partial charge in [-0.3, -0.25) is 4.72 Å². The minimum Gasteiger partial charge on any atom is -0.396 e. The summed E-state index contributed by atoms with van der Waals surface area (Å²) in [5, 5.41) is 10.5. The summed E-state index contributed by atoms with van der Waals surface area (Å²) in [6, 6.07) is 10.5. The summed E-state index contributed by atoms with van der Waals surface area (Å²) in [5.74, 6) is 0. The molecule has 0 fully saturated rings. The van der Waals surface area contributed by atoms with Crippen molar-refractivity contribution in [2.24, 2.45) is 0 Å². The van der Waals surface area contributed by atoms with Crippen LogP contribution >= 0.6 is 11.3 Å². The Kier molecular flexibility index (Phi) is 4.57. The van der Waals surface area contributed by atoms with Crippen molar-refractivity contribution in [1.82, 2.24) is 0 Å². The minimum absolute atomic E-state index is 0.130.